The minimum Gasteiger partial charge on any atom is -0.373 e. The Balaban J connectivity index is 2.14. The lowest BCUT2D eigenvalue weighted by Crippen LogP contribution is -2.48. The molecule has 0 aliphatic carbocycles. The number of hydrogen-bond acceptors (Lipinski definition) is 3. The third-order valence-corrected chi connectivity index (χ3v) is 3.37. The fraction of sp³-hybridized carbons (Fsp3) is 0.571. The molecular formula is C14H21FN2O. The Morgan fingerprint density at radius 3 is 2.33 bits per heavy atom. The Morgan fingerprint density at radius 1 is 1.28 bits per heavy atom. The molecule has 0 bridgehead atoms. The van der Waals surface area contributed by atoms with Gasteiger partial charge in [-0.05, 0) is 31.5 Å². The second-order valence-corrected chi connectivity index (χ2v) is 5.01. The van der Waals surface area contributed by atoms with Crippen molar-refractivity contribution in [1.82, 2.24) is 4.90 Å². The third kappa shape index (κ3) is 3.07. The predicted molar refractivity (Wildman–Crippen MR) is 69.8 cm³/mol. The van der Waals surface area contributed by atoms with Gasteiger partial charge >= 0.3 is 0 Å². The van der Waals surface area contributed by atoms with Crippen molar-refractivity contribution in [3.05, 3.63) is 35.6 Å². The molecule has 3 nitrogen and oxygen atoms in total. The molecule has 0 aromatic heterocycles. The Labute approximate surface area is 108 Å². The summed E-state index contributed by atoms with van der Waals surface area (Å²) in [4.78, 5) is 2.33. The van der Waals surface area contributed by atoms with Gasteiger partial charge in [-0.15, -0.1) is 0 Å². The molecule has 1 heterocycles. The van der Waals surface area contributed by atoms with Gasteiger partial charge in [0.25, 0.3) is 0 Å². The molecule has 0 amide bonds. The van der Waals surface area contributed by atoms with Gasteiger partial charge in [0.05, 0.1) is 12.2 Å². The van der Waals surface area contributed by atoms with E-state index < -0.39 is 0 Å². The second kappa shape index (κ2) is 5.78. The highest BCUT2D eigenvalue weighted by Gasteiger charge is 2.28. The summed E-state index contributed by atoms with van der Waals surface area (Å²) in [7, 11) is 0. The van der Waals surface area contributed by atoms with Crippen LogP contribution in [0, 0.1) is 5.82 Å². The van der Waals surface area contributed by atoms with Crippen LogP contribution in [0.25, 0.3) is 0 Å². The van der Waals surface area contributed by atoms with Gasteiger partial charge in [0, 0.05) is 25.7 Å². The van der Waals surface area contributed by atoms with Crippen molar-refractivity contribution in [2.24, 2.45) is 5.73 Å². The topological polar surface area (TPSA) is 38.5 Å². The van der Waals surface area contributed by atoms with Crippen molar-refractivity contribution in [2.45, 2.75) is 32.1 Å². The van der Waals surface area contributed by atoms with Crippen LogP contribution >= 0.6 is 0 Å². The van der Waals surface area contributed by atoms with Crippen LogP contribution in [0.5, 0.6) is 0 Å². The lowest BCUT2D eigenvalue weighted by atomic mass is 10.0. The number of nitrogens with zero attached hydrogens (tertiary/aromatic N) is 1. The van der Waals surface area contributed by atoms with Crippen LogP contribution in [-0.2, 0) is 4.74 Å². The summed E-state index contributed by atoms with van der Waals surface area (Å²) in [5.74, 6) is -0.210. The number of morpholine rings is 1. The first-order valence-electron chi connectivity index (χ1n) is 6.45. The summed E-state index contributed by atoms with van der Waals surface area (Å²) in [5.41, 5.74) is 6.96. The summed E-state index contributed by atoms with van der Waals surface area (Å²) in [5, 5.41) is 0. The Kier molecular flexibility index (Phi) is 4.32. The first-order chi connectivity index (χ1) is 8.60. The normalized spacial score (nSPS) is 27.1. The standard InChI is InChI=1S/C14H21FN2O/c1-10-8-17(9-11(2)18-10)14(7-16)12-3-5-13(15)6-4-12/h3-6,10-11,14H,7-9,16H2,1-2H3/t10-,11+,14-/m1/s1. The van der Waals surface area contributed by atoms with E-state index in [1.165, 1.54) is 12.1 Å². The molecule has 0 saturated carbocycles. The van der Waals surface area contributed by atoms with Gasteiger partial charge < -0.3 is 10.5 Å². The van der Waals surface area contributed by atoms with Crippen molar-refractivity contribution in [1.29, 1.82) is 0 Å². The van der Waals surface area contributed by atoms with E-state index >= 15 is 0 Å². The molecule has 3 atom stereocenters. The summed E-state index contributed by atoms with van der Waals surface area (Å²) < 4.78 is 18.7. The molecule has 0 radical (unpaired) electrons. The molecule has 100 valence electrons. The monoisotopic (exact) mass is 252 g/mol. The minimum absolute atomic E-state index is 0.138. The van der Waals surface area contributed by atoms with Crippen LogP contribution < -0.4 is 5.73 Å². The van der Waals surface area contributed by atoms with Crippen molar-refractivity contribution >= 4 is 0 Å². The van der Waals surface area contributed by atoms with Gasteiger partial charge in [-0.2, -0.15) is 0 Å². The number of halogens is 1. The van der Waals surface area contributed by atoms with Crippen LogP contribution in [0.15, 0.2) is 24.3 Å². The zero-order chi connectivity index (χ0) is 13.1. The highest BCUT2D eigenvalue weighted by atomic mass is 19.1. The van der Waals surface area contributed by atoms with E-state index in [-0.39, 0.29) is 24.1 Å². The molecular weight excluding hydrogens is 231 g/mol. The van der Waals surface area contributed by atoms with Crippen molar-refractivity contribution in [3.8, 4) is 0 Å². The molecule has 2 rings (SSSR count). The van der Waals surface area contributed by atoms with E-state index in [9.17, 15) is 4.39 Å². The summed E-state index contributed by atoms with van der Waals surface area (Å²) in [6.07, 6.45) is 0.423. The van der Waals surface area contributed by atoms with E-state index in [1.807, 2.05) is 12.1 Å². The average molecular weight is 252 g/mol. The molecule has 1 aromatic carbocycles. The number of nitrogens with two attached hydrogens (primary N) is 1. The highest BCUT2D eigenvalue weighted by Crippen LogP contribution is 2.24. The van der Waals surface area contributed by atoms with Gasteiger partial charge in [-0.25, -0.2) is 4.39 Å². The van der Waals surface area contributed by atoms with Gasteiger partial charge in [-0.1, -0.05) is 12.1 Å². The minimum atomic E-state index is -0.210. The van der Waals surface area contributed by atoms with Gasteiger partial charge in [0.1, 0.15) is 5.82 Å². The molecule has 2 N–H and O–H groups in total. The molecule has 4 heteroatoms. The van der Waals surface area contributed by atoms with E-state index in [4.69, 9.17) is 10.5 Å². The lowest BCUT2D eigenvalue weighted by Gasteiger charge is -2.40. The summed E-state index contributed by atoms with van der Waals surface area (Å²) >= 11 is 0. The Morgan fingerprint density at radius 2 is 1.83 bits per heavy atom. The van der Waals surface area contributed by atoms with E-state index in [2.05, 4.69) is 18.7 Å². The predicted octanol–water partition coefficient (Wildman–Crippen LogP) is 1.93. The van der Waals surface area contributed by atoms with Gasteiger partial charge in [0.15, 0.2) is 0 Å². The quantitative estimate of drug-likeness (QED) is 0.893. The van der Waals surface area contributed by atoms with Crippen molar-refractivity contribution < 1.29 is 9.13 Å². The summed E-state index contributed by atoms with van der Waals surface area (Å²) in [6.45, 7) is 6.40. The zero-order valence-corrected chi connectivity index (χ0v) is 11.0. The number of benzene rings is 1. The Hall–Kier alpha value is -0.970. The van der Waals surface area contributed by atoms with E-state index in [0.29, 0.717) is 6.54 Å². The van der Waals surface area contributed by atoms with Crippen molar-refractivity contribution in [2.75, 3.05) is 19.6 Å². The molecule has 1 saturated heterocycles. The first-order valence-corrected chi connectivity index (χ1v) is 6.45. The fourth-order valence-corrected chi connectivity index (χ4v) is 2.65. The van der Waals surface area contributed by atoms with Crippen LogP contribution in [0.2, 0.25) is 0 Å². The smallest absolute Gasteiger partial charge is 0.123 e. The third-order valence-electron chi connectivity index (χ3n) is 3.37. The number of rotatable bonds is 3. The molecule has 1 aliphatic rings. The van der Waals surface area contributed by atoms with Gasteiger partial charge in [-0.3, -0.25) is 4.90 Å². The maximum atomic E-state index is 13.0. The van der Waals surface area contributed by atoms with Crippen LogP contribution in [0.3, 0.4) is 0 Å². The van der Waals surface area contributed by atoms with E-state index in [1.54, 1.807) is 0 Å². The van der Waals surface area contributed by atoms with E-state index in [0.717, 1.165) is 18.7 Å². The maximum absolute atomic E-state index is 13.0. The lowest BCUT2D eigenvalue weighted by molar-refractivity contribution is -0.0799. The largest absolute Gasteiger partial charge is 0.373 e. The van der Waals surface area contributed by atoms with Crippen LogP contribution in [0.1, 0.15) is 25.5 Å². The zero-order valence-electron chi connectivity index (χ0n) is 11.0. The summed E-state index contributed by atoms with van der Waals surface area (Å²) in [6, 6.07) is 6.76. The fourth-order valence-electron chi connectivity index (χ4n) is 2.65. The van der Waals surface area contributed by atoms with Gasteiger partial charge in [0.2, 0.25) is 0 Å². The molecule has 1 fully saturated rings. The van der Waals surface area contributed by atoms with Crippen LogP contribution in [0.4, 0.5) is 4.39 Å². The average Bonchev–Trinajstić information content (AvgIpc) is 2.31. The highest BCUT2D eigenvalue weighted by molar-refractivity contribution is 5.20. The maximum Gasteiger partial charge on any atom is 0.123 e. The van der Waals surface area contributed by atoms with Crippen LogP contribution in [-0.4, -0.2) is 36.7 Å². The van der Waals surface area contributed by atoms with Crippen molar-refractivity contribution in [3.63, 3.8) is 0 Å². The Bertz CT molecular complexity index is 372. The molecule has 0 unspecified atom stereocenters. The second-order valence-electron chi connectivity index (χ2n) is 5.01. The first kappa shape index (κ1) is 13.5. The number of ether oxygens (including phenoxy) is 1. The SMILES string of the molecule is C[C@@H]1CN([C@H](CN)c2ccc(F)cc2)C[C@H](C)O1. The molecule has 1 aromatic rings. The molecule has 0 spiro atoms. The molecule has 1 aliphatic heterocycles. The molecule has 18 heavy (non-hydrogen) atoms. The number of hydrogen-bond donors (Lipinski definition) is 1.